The maximum absolute atomic E-state index is 12.4. The summed E-state index contributed by atoms with van der Waals surface area (Å²) in [5.74, 6) is 0.609. The van der Waals surface area contributed by atoms with E-state index >= 15 is 0 Å². The Bertz CT molecular complexity index is 741. The fourth-order valence-corrected chi connectivity index (χ4v) is 3.41. The zero-order valence-electron chi connectivity index (χ0n) is 18.6. The molecule has 0 aromatic heterocycles. The molecular formula is C22H35IN4O3. The molecule has 1 fully saturated rings. The summed E-state index contributed by atoms with van der Waals surface area (Å²) in [6.45, 7) is 10.7. The third kappa shape index (κ3) is 7.14. The van der Waals surface area contributed by atoms with Crippen LogP contribution in [0.15, 0.2) is 29.3 Å². The quantitative estimate of drug-likeness (QED) is 0.245. The molecule has 1 aliphatic heterocycles. The number of rotatable bonds is 7. The third-order valence-electron chi connectivity index (χ3n) is 5.34. The summed E-state index contributed by atoms with van der Waals surface area (Å²) in [6, 6.07) is 7.70. The summed E-state index contributed by atoms with van der Waals surface area (Å²) in [7, 11) is 1.43. The van der Waals surface area contributed by atoms with E-state index in [1.54, 1.807) is 0 Å². The average Bonchev–Trinajstić information content (AvgIpc) is 3.11. The van der Waals surface area contributed by atoms with Crippen LogP contribution in [-0.4, -0.2) is 55.5 Å². The molecule has 1 aromatic rings. The summed E-state index contributed by atoms with van der Waals surface area (Å²) in [5, 5.41) is 6.30. The molecule has 0 saturated carbocycles. The normalized spacial score (nSPS) is 19.6. The highest BCUT2D eigenvalue weighted by Crippen LogP contribution is 2.24. The predicted molar refractivity (Wildman–Crippen MR) is 130 cm³/mol. The van der Waals surface area contributed by atoms with Crippen LogP contribution in [0, 0.1) is 11.8 Å². The number of guanidine groups is 1. The Hall–Kier alpha value is -1.84. The lowest BCUT2D eigenvalue weighted by atomic mass is 9.99. The largest absolute Gasteiger partial charge is 0.469 e. The second-order valence-electron chi connectivity index (χ2n) is 7.67. The number of nitrogens with one attached hydrogen (secondary N) is 2. The number of halogens is 1. The van der Waals surface area contributed by atoms with Crippen molar-refractivity contribution in [2.24, 2.45) is 16.8 Å². The van der Waals surface area contributed by atoms with Gasteiger partial charge in [0.25, 0.3) is 5.91 Å². The number of ether oxygens (including phenoxy) is 1. The van der Waals surface area contributed by atoms with Gasteiger partial charge < -0.3 is 20.3 Å². The van der Waals surface area contributed by atoms with Crippen LogP contribution in [-0.2, 0) is 16.1 Å². The smallest absolute Gasteiger partial charge is 0.310 e. The Balaban J connectivity index is 0.00000450. The lowest BCUT2D eigenvalue weighted by Gasteiger charge is -2.21. The summed E-state index contributed by atoms with van der Waals surface area (Å²) in [4.78, 5) is 31.2. The van der Waals surface area contributed by atoms with Gasteiger partial charge in [0.15, 0.2) is 5.96 Å². The molecule has 0 spiro atoms. The van der Waals surface area contributed by atoms with Crippen LogP contribution in [0.2, 0.25) is 0 Å². The van der Waals surface area contributed by atoms with Gasteiger partial charge >= 0.3 is 5.97 Å². The number of methoxy groups -OCH3 is 1. The minimum atomic E-state index is -0.170. The van der Waals surface area contributed by atoms with Gasteiger partial charge in [0.05, 0.1) is 19.6 Å². The molecule has 1 saturated heterocycles. The van der Waals surface area contributed by atoms with Gasteiger partial charge in [-0.25, -0.2) is 4.99 Å². The molecule has 1 amide bonds. The van der Waals surface area contributed by atoms with Crippen molar-refractivity contribution in [2.45, 2.75) is 46.7 Å². The van der Waals surface area contributed by atoms with Gasteiger partial charge in [0, 0.05) is 31.2 Å². The van der Waals surface area contributed by atoms with Crippen molar-refractivity contribution in [3.05, 3.63) is 35.4 Å². The molecule has 7 nitrogen and oxygen atoms in total. The number of nitrogens with zero attached hydrogens (tertiary/aromatic N) is 2. The number of esters is 1. The number of amides is 1. The first-order chi connectivity index (χ1) is 13.9. The molecule has 1 aromatic carbocycles. The topological polar surface area (TPSA) is 83.0 Å². The fourth-order valence-electron chi connectivity index (χ4n) is 3.41. The first-order valence-corrected chi connectivity index (χ1v) is 10.4. The minimum absolute atomic E-state index is 0. The molecule has 3 unspecified atom stereocenters. The molecule has 168 valence electrons. The maximum Gasteiger partial charge on any atom is 0.310 e. The SMILES string of the molecule is CCNC(=NCc1cccc(C(=O)NC(C)CC)c1)N1CC(C)C(C(=O)OC)C1.I. The van der Waals surface area contributed by atoms with Crippen LogP contribution in [0.3, 0.4) is 0 Å². The van der Waals surface area contributed by atoms with Gasteiger partial charge in [-0.05, 0) is 43.9 Å². The standard InChI is InChI=1S/C22H34N4O3.HI/c1-6-16(4)25-20(27)18-10-8-9-17(11-18)12-24-22(23-7-2)26-13-15(3)19(14-26)21(28)29-5;/h8-11,15-16,19H,6-7,12-14H2,1-5H3,(H,23,24)(H,25,27);1H. The highest BCUT2D eigenvalue weighted by atomic mass is 127. The molecule has 30 heavy (non-hydrogen) atoms. The van der Waals surface area contributed by atoms with Gasteiger partial charge in [-0.3, -0.25) is 9.59 Å². The molecule has 2 N–H and O–H groups in total. The van der Waals surface area contributed by atoms with Crippen LogP contribution in [0.25, 0.3) is 0 Å². The summed E-state index contributed by atoms with van der Waals surface area (Å²) < 4.78 is 4.93. The van der Waals surface area contributed by atoms with E-state index in [4.69, 9.17) is 9.73 Å². The van der Waals surface area contributed by atoms with Gasteiger partial charge in [0.1, 0.15) is 0 Å². The molecule has 0 aliphatic carbocycles. The first-order valence-electron chi connectivity index (χ1n) is 10.4. The number of benzene rings is 1. The third-order valence-corrected chi connectivity index (χ3v) is 5.34. The summed E-state index contributed by atoms with van der Waals surface area (Å²) in [5.41, 5.74) is 1.61. The second-order valence-corrected chi connectivity index (χ2v) is 7.67. The molecule has 3 atom stereocenters. The number of hydrogen-bond donors (Lipinski definition) is 2. The monoisotopic (exact) mass is 530 g/mol. The zero-order valence-corrected chi connectivity index (χ0v) is 20.9. The van der Waals surface area contributed by atoms with Crippen molar-refractivity contribution in [3.63, 3.8) is 0 Å². The lowest BCUT2D eigenvalue weighted by molar-refractivity contribution is -0.145. The van der Waals surface area contributed by atoms with E-state index < -0.39 is 0 Å². The Labute approximate surface area is 197 Å². The molecule has 0 bridgehead atoms. The van der Waals surface area contributed by atoms with E-state index in [0.29, 0.717) is 18.7 Å². The fraction of sp³-hybridized carbons (Fsp3) is 0.591. The highest BCUT2D eigenvalue weighted by molar-refractivity contribution is 14.0. The number of likely N-dealkylation sites (tertiary alicyclic amines) is 1. The van der Waals surface area contributed by atoms with Crippen LogP contribution >= 0.6 is 24.0 Å². The highest BCUT2D eigenvalue weighted by Gasteiger charge is 2.36. The van der Waals surface area contributed by atoms with E-state index in [1.807, 2.05) is 45.0 Å². The number of hydrogen-bond acceptors (Lipinski definition) is 4. The summed E-state index contributed by atoms with van der Waals surface area (Å²) >= 11 is 0. The van der Waals surface area contributed by atoms with Crippen molar-refractivity contribution in [3.8, 4) is 0 Å². The Morgan fingerprint density at radius 3 is 2.67 bits per heavy atom. The van der Waals surface area contributed by atoms with E-state index in [0.717, 1.165) is 31.0 Å². The van der Waals surface area contributed by atoms with Crippen molar-refractivity contribution in [1.82, 2.24) is 15.5 Å². The second kappa shape index (κ2) is 12.8. The van der Waals surface area contributed by atoms with Gasteiger partial charge in [-0.1, -0.05) is 26.0 Å². The number of carbonyl (C=O) groups excluding carboxylic acids is 2. The Morgan fingerprint density at radius 2 is 2.03 bits per heavy atom. The molecule has 1 heterocycles. The zero-order chi connectivity index (χ0) is 21.4. The van der Waals surface area contributed by atoms with Gasteiger partial charge in [0.2, 0.25) is 0 Å². The van der Waals surface area contributed by atoms with Crippen molar-refractivity contribution in [2.75, 3.05) is 26.7 Å². The van der Waals surface area contributed by atoms with Gasteiger partial charge in [-0.2, -0.15) is 0 Å². The maximum atomic E-state index is 12.4. The lowest BCUT2D eigenvalue weighted by Crippen LogP contribution is -2.40. The predicted octanol–water partition coefficient (Wildman–Crippen LogP) is 3.04. The number of carbonyl (C=O) groups is 2. The van der Waals surface area contributed by atoms with Crippen molar-refractivity contribution < 1.29 is 14.3 Å². The van der Waals surface area contributed by atoms with Crippen LogP contribution in [0.4, 0.5) is 0 Å². The van der Waals surface area contributed by atoms with Crippen LogP contribution in [0.5, 0.6) is 0 Å². The first kappa shape index (κ1) is 26.2. The minimum Gasteiger partial charge on any atom is -0.469 e. The van der Waals surface area contributed by atoms with Crippen LogP contribution in [0.1, 0.15) is 50.0 Å². The average molecular weight is 530 g/mol. The molecule has 2 rings (SSSR count). The van der Waals surface area contributed by atoms with E-state index in [2.05, 4.69) is 22.5 Å². The molecule has 1 aliphatic rings. The number of aliphatic imine (C=N–C) groups is 1. The van der Waals surface area contributed by atoms with E-state index in [-0.39, 0.29) is 53.7 Å². The van der Waals surface area contributed by atoms with Crippen molar-refractivity contribution >= 4 is 41.8 Å². The van der Waals surface area contributed by atoms with Crippen molar-refractivity contribution in [1.29, 1.82) is 0 Å². The summed E-state index contributed by atoms with van der Waals surface area (Å²) in [6.07, 6.45) is 0.891. The molecule has 0 radical (unpaired) electrons. The Morgan fingerprint density at radius 1 is 1.30 bits per heavy atom. The van der Waals surface area contributed by atoms with Gasteiger partial charge in [-0.15, -0.1) is 24.0 Å². The molecular weight excluding hydrogens is 495 g/mol. The van der Waals surface area contributed by atoms with E-state index in [9.17, 15) is 9.59 Å². The van der Waals surface area contributed by atoms with Crippen LogP contribution < -0.4 is 10.6 Å². The molecule has 8 heteroatoms. The Kier molecular flexibility index (Phi) is 11.1. The van der Waals surface area contributed by atoms with E-state index in [1.165, 1.54) is 7.11 Å².